The minimum absolute atomic E-state index is 0.106. The molecule has 1 heterocycles. The Hall–Kier alpha value is -1.78. The fraction of sp³-hybridized carbons (Fsp3) is 0.667. The van der Waals surface area contributed by atoms with E-state index in [2.05, 4.69) is 6.08 Å². The van der Waals surface area contributed by atoms with Gasteiger partial charge in [0.05, 0.1) is 6.04 Å². The van der Waals surface area contributed by atoms with Crippen LogP contribution in [0.25, 0.3) is 0 Å². The largest absolute Gasteiger partial charge is 0.443 e. The summed E-state index contributed by atoms with van der Waals surface area (Å²) in [5, 5.41) is 0. The minimum atomic E-state index is -0.608. The second-order valence-electron chi connectivity index (χ2n) is 7.97. The number of hydrogen-bond acceptors (Lipinski definition) is 4. The van der Waals surface area contributed by atoms with Gasteiger partial charge in [0, 0.05) is 31.8 Å². The first-order valence-corrected chi connectivity index (χ1v) is 8.33. The molecular weight excluding hydrogens is 292 g/mol. The van der Waals surface area contributed by atoms with Gasteiger partial charge in [-0.25, -0.2) is 9.69 Å². The molecule has 0 radical (unpaired) electrons. The number of amides is 2. The van der Waals surface area contributed by atoms with Crippen LogP contribution in [-0.4, -0.2) is 47.5 Å². The molecule has 0 spiro atoms. The van der Waals surface area contributed by atoms with Gasteiger partial charge in [-0.15, -0.1) is 0 Å². The number of carbonyl (C=O) groups is 2. The van der Waals surface area contributed by atoms with Gasteiger partial charge in [0.1, 0.15) is 5.60 Å². The van der Waals surface area contributed by atoms with Crippen LogP contribution in [0.1, 0.15) is 40.0 Å². The Labute approximate surface area is 138 Å². The summed E-state index contributed by atoms with van der Waals surface area (Å²) in [5.74, 6) is 0.414. The number of nitrogens with zero attached hydrogens (tertiary/aromatic N) is 2. The van der Waals surface area contributed by atoms with Crippen LogP contribution in [0.4, 0.5) is 4.79 Å². The molecular formula is C18H26N2O3. The van der Waals surface area contributed by atoms with Gasteiger partial charge in [0.15, 0.2) is 0 Å². The van der Waals surface area contributed by atoms with Gasteiger partial charge in [0.2, 0.25) is 0 Å². The first kappa shape index (κ1) is 16.1. The van der Waals surface area contributed by atoms with E-state index in [1.54, 1.807) is 0 Å². The van der Waals surface area contributed by atoms with Crippen LogP contribution >= 0.6 is 0 Å². The number of likely N-dealkylation sites (tertiary alicyclic amines) is 1. The Morgan fingerprint density at radius 2 is 2.09 bits per heavy atom. The lowest BCUT2D eigenvalue weighted by Crippen LogP contribution is -2.43. The van der Waals surface area contributed by atoms with Gasteiger partial charge in [-0.05, 0) is 51.5 Å². The molecule has 126 valence electrons. The van der Waals surface area contributed by atoms with Crippen LogP contribution in [0.3, 0.4) is 0 Å². The maximum Gasteiger partial charge on any atom is 0.417 e. The lowest BCUT2D eigenvalue weighted by atomic mass is 9.96. The van der Waals surface area contributed by atoms with Crippen molar-refractivity contribution in [1.82, 2.24) is 9.80 Å². The van der Waals surface area contributed by atoms with Crippen LogP contribution in [0, 0.1) is 11.8 Å². The molecule has 3 unspecified atom stereocenters. The van der Waals surface area contributed by atoms with Gasteiger partial charge >= 0.3 is 6.09 Å². The summed E-state index contributed by atoms with van der Waals surface area (Å²) >= 11 is 0. The molecule has 2 fully saturated rings. The molecule has 3 rings (SSSR count). The monoisotopic (exact) mass is 318 g/mol. The van der Waals surface area contributed by atoms with Crippen molar-refractivity contribution in [3.63, 3.8) is 0 Å². The number of ether oxygens (including phenoxy) is 1. The van der Waals surface area contributed by atoms with Crippen LogP contribution < -0.4 is 0 Å². The molecule has 1 saturated carbocycles. The van der Waals surface area contributed by atoms with E-state index in [1.807, 2.05) is 46.0 Å². The molecule has 5 heteroatoms. The zero-order valence-corrected chi connectivity index (χ0v) is 14.6. The lowest BCUT2D eigenvalue weighted by Gasteiger charge is -2.27. The third kappa shape index (κ3) is 2.77. The predicted octanol–water partition coefficient (Wildman–Crippen LogP) is 2.93. The van der Waals surface area contributed by atoms with E-state index in [0.717, 1.165) is 24.8 Å². The van der Waals surface area contributed by atoms with Crippen LogP contribution in [0.2, 0.25) is 0 Å². The Kier molecular flexibility index (Phi) is 3.77. The van der Waals surface area contributed by atoms with Crippen molar-refractivity contribution in [2.24, 2.45) is 11.8 Å². The molecule has 0 N–H and O–H groups in total. The third-order valence-corrected chi connectivity index (χ3v) is 4.76. The highest BCUT2D eigenvalue weighted by atomic mass is 16.6. The number of fused-ring (bicyclic) bond motifs is 3. The highest BCUT2D eigenvalue weighted by molar-refractivity contribution is 6.06. The van der Waals surface area contributed by atoms with Crippen molar-refractivity contribution >= 4 is 12.0 Å². The van der Waals surface area contributed by atoms with Crippen molar-refractivity contribution < 1.29 is 14.3 Å². The van der Waals surface area contributed by atoms with Gasteiger partial charge < -0.3 is 9.64 Å². The van der Waals surface area contributed by atoms with Crippen molar-refractivity contribution in [1.29, 1.82) is 0 Å². The summed E-state index contributed by atoms with van der Waals surface area (Å²) in [6, 6.07) is -0.143. The summed E-state index contributed by atoms with van der Waals surface area (Å²) in [5.41, 5.74) is 1.39. The van der Waals surface area contributed by atoms with Gasteiger partial charge in [-0.1, -0.05) is 6.08 Å². The van der Waals surface area contributed by atoms with Crippen LogP contribution in [0.15, 0.2) is 23.4 Å². The SMILES string of the molecule is CN(C)/C=C1\C(=O)N(C(=O)OC(C)(C)C)C2C3=CCCC3CC12. The molecule has 1 aliphatic heterocycles. The highest BCUT2D eigenvalue weighted by Gasteiger charge is 2.56. The van der Waals surface area contributed by atoms with Gasteiger partial charge in [-0.2, -0.15) is 0 Å². The minimum Gasteiger partial charge on any atom is -0.443 e. The second kappa shape index (κ2) is 5.39. The van der Waals surface area contributed by atoms with Gasteiger partial charge in [-0.3, -0.25) is 4.79 Å². The van der Waals surface area contributed by atoms with Crippen molar-refractivity contribution in [3.8, 4) is 0 Å². The predicted molar refractivity (Wildman–Crippen MR) is 87.6 cm³/mol. The quantitative estimate of drug-likeness (QED) is 0.551. The Bertz CT molecular complexity index is 598. The topological polar surface area (TPSA) is 49.9 Å². The van der Waals surface area contributed by atoms with E-state index in [-0.39, 0.29) is 17.9 Å². The molecule has 0 bridgehead atoms. The molecule has 2 aliphatic carbocycles. The van der Waals surface area contributed by atoms with E-state index in [4.69, 9.17) is 4.74 Å². The van der Waals surface area contributed by atoms with Crippen molar-refractivity contribution in [2.45, 2.75) is 51.7 Å². The third-order valence-electron chi connectivity index (χ3n) is 4.76. The Morgan fingerprint density at radius 1 is 1.39 bits per heavy atom. The number of carbonyl (C=O) groups excluding carboxylic acids is 2. The average molecular weight is 318 g/mol. The first-order chi connectivity index (χ1) is 10.7. The average Bonchev–Trinajstić information content (AvgIpc) is 3.01. The van der Waals surface area contributed by atoms with Gasteiger partial charge in [0.25, 0.3) is 5.91 Å². The molecule has 3 atom stereocenters. The fourth-order valence-corrected chi connectivity index (χ4v) is 4.06. The van der Waals surface area contributed by atoms with Crippen LogP contribution in [-0.2, 0) is 9.53 Å². The zero-order chi connectivity index (χ0) is 16.9. The molecule has 5 nitrogen and oxygen atoms in total. The molecule has 0 aromatic carbocycles. The summed E-state index contributed by atoms with van der Waals surface area (Å²) < 4.78 is 5.50. The van der Waals surface area contributed by atoms with Crippen molar-refractivity contribution in [3.05, 3.63) is 23.4 Å². The van der Waals surface area contributed by atoms with E-state index in [1.165, 1.54) is 10.5 Å². The number of allylic oxidation sites excluding steroid dienone is 1. The van der Waals surface area contributed by atoms with E-state index < -0.39 is 11.7 Å². The smallest absolute Gasteiger partial charge is 0.417 e. The zero-order valence-electron chi connectivity index (χ0n) is 14.6. The molecule has 2 amide bonds. The summed E-state index contributed by atoms with van der Waals surface area (Å²) in [4.78, 5) is 28.8. The molecule has 0 aromatic heterocycles. The first-order valence-electron chi connectivity index (χ1n) is 8.33. The van der Waals surface area contributed by atoms with E-state index >= 15 is 0 Å². The standard InChI is InChI=1S/C18H26N2O3/c1-18(2,3)23-17(22)20-15-12-8-6-7-11(12)9-13(15)14(16(20)21)10-19(4)5/h8,10-11,13,15H,6-7,9H2,1-5H3/b14-10-. The van der Waals surface area contributed by atoms with Crippen molar-refractivity contribution in [2.75, 3.05) is 14.1 Å². The van der Waals surface area contributed by atoms with Crippen LogP contribution in [0.5, 0.6) is 0 Å². The summed E-state index contributed by atoms with van der Waals surface area (Å²) in [6.07, 6.45) is 6.71. The maximum absolute atomic E-state index is 12.9. The van der Waals surface area contributed by atoms with E-state index in [9.17, 15) is 9.59 Å². The molecule has 3 aliphatic rings. The normalized spacial score (nSPS) is 31.3. The Balaban J connectivity index is 1.97. The van der Waals surface area contributed by atoms with E-state index in [0.29, 0.717) is 5.92 Å². The summed E-state index contributed by atoms with van der Waals surface area (Å²) in [7, 11) is 3.81. The molecule has 1 saturated heterocycles. The Morgan fingerprint density at radius 3 is 2.70 bits per heavy atom. The second-order valence-corrected chi connectivity index (χ2v) is 7.97. The molecule has 23 heavy (non-hydrogen) atoms. The number of imide groups is 1. The maximum atomic E-state index is 12.9. The lowest BCUT2D eigenvalue weighted by molar-refractivity contribution is -0.125. The summed E-state index contributed by atoms with van der Waals surface area (Å²) in [6.45, 7) is 5.48. The highest BCUT2D eigenvalue weighted by Crippen LogP contribution is 2.52. The number of rotatable bonds is 1. The molecule has 0 aromatic rings. The fourth-order valence-electron chi connectivity index (χ4n) is 4.06. The number of hydrogen-bond donors (Lipinski definition) is 0.